The summed E-state index contributed by atoms with van der Waals surface area (Å²) in [6.45, 7) is 4.03. The van der Waals surface area contributed by atoms with Crippen LogP contribution >= 0.6 is 0 Å². The number of carbonyl (C=O) groups excluding carboxylic acids is 1. The molecule has 2 saturated heterocycles. The van der Waals surface area contributed by atoms with Crippen LogP contribution in [-0.4, -0.2) is 55.4 Å². The van der Waals surface area contributed by atoms with E-state index in [1.807, 2.05) is 4.90 Å². The first-order valence-corrected chi connectivity index (χ1v) is 6.77. The molecule has 2 fully saturated rings. The fourth-order valence-electron chi connectivity index (χ4n) is 2.82. The van der Waals surface area contributed by atoms with Crippen LogP contribution in [0.1, 0.15) is 32.6 Å². The number of amides is 1. The van der Waals surface area contributed by atoms with Crippen LogP contribution in [0.3, 0.4) is 0 Å². The third-order valence-electron chi connectivity index (χ3n) is 4.11. The standard InChI is InChI=1S/C13H24N2O3/c1-13(17-2)6-3-7-15(9-13)12(16)11-5-4-10(8-14)18-11/h10-11H,3-9,14H2,1-2H3. The third-order valence-corrected chi connectivity index (χ3v) is 4.11. The van der Waals surface area contributed by atoms with Crippen LogP contribution in [0.2, 0.25) is 0 Å². The molecular formula is C13H24N2O3. The van der Waals surface area contributed by atoms with Crippen LogP contribution in [-0.2, 0) is 14.3 Å². The zero-order chi connectivity index (χ0) is 13.2. The van der Waals surface area contributed by atoms with Crippen molar-refractivity contribution >= 4 is 5.91 Å². The first-order chi connectivity index (χ1) is 8.58. The maximum atomic E-state index is 12.4. The number of hydrogen-bond acceptors (Lipinski definition) is 4. The van der Waals surface area contributed by atoms with Crippen molar-refractivity contribution in [1.82, 2.24) is 4.90 Å². The lowest BCUT2D eigenvalue weighted by molar-refractivity contribution is -0.150. The molecule has 1 amide bonds. The number of piperidine rings is 1. The highest BCUT2D eigenvalue weighted by atomic mass is 16.5. The second-order valence-electron chi connectivity index (χ2n) is 5.58. The van der Waals surface area contributed by atoms with E-state index >= 15 is 0 Å². The molecular weight excluding hydrogens is 232 g/mol. The summed E-state index contributed by atoms with van der Waals surface area (Å²) in [5.74, 6) is 0.105. The number of nitrogens with zero attached hydrogens (tertiary/aromatic N) is 1. The molecule has 0 aromatic carbocycles. The van der Waals surface area contributed by atoms with Gasteiger partial charge in [0.15, 0.2) is 0 Å². The van der Waals surface area contributed by atoms with Gasteiger partial charge in [0, 0.05) is 26.7 Å². The Morgan fingerprint density at radius 1 is 1.56 bits per heavy atom. The molecule has 0 aromatic heterocycles. The summed E-state index contributed by atoms with van der Waals surface area (Å²) in [6, 6.07) is 0. The first-order valence-electron chi connectivity index (χ1n) is 6.77. The molecule has 0 spiro atoms. The molecule has 0 bridgehead atoms. The molecule has 2 rings (SSSR count). The van der Waals surface area contributed by atoms with Crippen LogP contribution < -0.4 is 5.73 Å². The fraction of sp³-hybridized carbons (Fsp3) is 0.923. The zero-order valence-corrected chi connectivity index (χ0v) is 11.4. The minimum atomic E-state index is -0.294. The summed E-state index contributed by atoms with van der Waals surface area (Å²) in [6.07, 6.45) is 3.44. The Bertz CT molecular complexity index is 311. The largest absolute Gasteiger partial charge is 0.377 e. The van der Waals surface area contributed by atoms with Crippen molar-refractivity contribution in [3.8, 4) is 0 Å². The molecule has 0 radical (unpaired) electrons. The minimum absolute atomic E-state index is 0.0533. The maximum absolute atomic E-state index is 12.4. The summed E-state index contributed by atoms with van der Waals surface area (Å²) in [5, 5.41) is 0. The van der Waals surface area contributed by atoms with Gasteiger partial charge in [0.1, 0.15) is 6.10 Å². The predicted octanol–water partition coefficient (Wildman–Crippen LogP) is 0.520. The van der Waals surface area contributed by atoms with Gasteiger partial charge in [-0.1, -0.05) is 0 Å². The average molecular weight is 256 g/mol. The molecule has 2 N–H and O–H groups in total. The van der Waals surface area contributed by atoms with Gasteiger partial charge in [0.05, 0.1) is 11.7 Å². The molecule has 0 saturated carbocycles. The lowest BCUT2D eigenvalue weighted by Crippen LogP contribution is -2.52. The normalized spacial score (nSPS) is 36.9. The summed E-state index contributed by atoms with van der Waals surface area (Å²) < 4.78 is 11.2. The van der Waals surface area contributed by atoms with Crippen LogP contribution in [0, 0.1) is 0 Å². The van der Waals surface area contributed by atoms with E-state index in [0.717, 1.165) is 32.2 Å². The number of nitrogens with two attached hydrogens (primary N) is 1. The SMILES string of the molecule is COC1(C)CCCN(C(=O)C2CCC(CN)O2)C1. The molecule has 0 aromatic rings. The molecule has 2 heterocycles. The smallest absolute Gasteiger partial charge is 0.251 e. The second kappa shape index (κ2) is 5.55. The number of likely N-dealkylation sites (tertiary alicyclic amines) is 1. The van der Waals surface area contributed by atoms with E-state index in [2.05, 4.69) is 6.92 Å². The topological polar surface area (TPSA) is 64.8 Å². The molecule has 3 atom stereocenters. The molecule has 0 aliphatic carbocycles. The van der Waals surface area contributed by atoms with Gasteiger partial charge in [-0.2, -0.15) is 0 Å². The Morgan fingerprint density at radius 2 is 2.33 bits per heavy atom. The van der Waals surface area contributed by atoms with Crippen LogP contribution in [0.25, 0.3) is 0 Å². The first kappa shape index (κ1) is 13.8. The van der Waals surface area contributed by atoms with Crippen LogP contribution in [0.4, 0.5) is 0 Å². The maximum Gasteiger partial charge on any atom is 0.251 e. The molecule has 104 valence electrons. The van der Waals surface area contributed by atoms with Gasteiger partial charge < -0.3 is 20.1 Å². The Kier molecular flexibility index (Phi) is 4.25. The number of hydrogen-bond donors (Lipinski definition) is 1. The van der Waals surface area contributed by atoms with Crippen LogP contribution in [0.5, 0.6) is 0 Å². The zero-order valence-electron chi connectivity index (χ0n) is 11.4. The monoisotopic (exact) mass is 256 g/mol. The predicted molar refractivity (Wildman–Crippen MR) is 68.2 cm³/mol. The van der Waals surface area contributed by atoms with Crippen molar-refractivity contribution in [3.05, 3.63) is 0 Å². The van der Waals surface area contributed by atoms with E-state index < -0.39 is 0 Å². The molecule has 18 heavy (non-hydrogen) atoms. The van der Waals surface area contributed by atoms with Gasteiger partial charge in [-0.3, -0.25) is 4.79 Å². The van der Waals surface area contributed by atoms with E-state index in [9.17, 15) is 4.79 Å². The van der Waals surface area contributed by atoms with Crippen molar-refractivity contribution in [2.75, 3.05) is 26.7 Å². The van der Waals surface area contributed by atoms with Gasteiger partial charge in [0.25, 0.3) is 5.91 Å². The van der Waals surface area contributed by atoms with Gasteiger partial charge in [-0.25, -0.2) is 0 Å². The highest BCUT2D eigenvalue weighted by Crippen LogP contribution is 2.27. The molecule has 3 unspecified atom stereocenters. The molecule has 5 nitrogen and oxygen atoms in total. The van der Waals surface area contributed by atoms with Crippen molar-refractivity contribution < 1.29 is 14.3 Å². The Labute approximate surface area is 109 Å². The van der Waals surface area contributed by atoms with Crippen molar-refractivity contribution in [2.24, 2.45) is 5.73 Å². The summed E-state index contributed by atoms with van der Waals surface area (Å²) in [7, 11) is 1.71. The summed E-state index contributed by atoms with van der Waals surface area (Å²) in [5.41, 5.74) is 5.36. The summed E-state index contributed by atoms with van der Waals surface area (Å²) >= 11 is 0. The van der Waals surface area contributed by atoms with Crippen molar-refractivity contribution in [1.29, 1.82) is 0 Å². The lowest BCUT2D eigenvalue weighted by atomic mass is 9.94. The van der Waals surface area contributed by atoms with Crippen LogP contribution in [0.15, 0.2) is 0 Å². The lowest BCUT2D eigenvalue weighted by Gasteiger charge is -2.40. The van der Waals surface area contributed by atoms with E-state index in [0.29, 0.717) is 13.1 Å². The molecule has 2 aliphatic rings. The van der Waals surface area contributed by atoms with Gasteiger partial charge in [-0.05, 0) is 32.6 Å². The quantitative estimate of drug-likeness (QED) is 0.799. The Balaban J connectivity index is 1.93. The summed E-state index contributed by atoms with van der Waals surface area (Å²) in [4.78, 5) is 14.3. The number of ether oxygens (including phenoxy) is 2. The van der Waals surface area contributed by atoms with Crippen molar-refractivity contribution in [2.45, 2.75) is 50.4 Å². The number of carbonyl (C=O) groups is 1. The van der Waals surface area contributed by atoms with E-state index in [1.165, 1.54) is 0 Å². The Hall–Kier alpha value is -0.650. The van der Waals surface area contributed by atoms with Gasteiger partial charge >= 0.3 is 0 Å². The number of rotatable bonds is 3. The highest BCUT2D eigenvalue weighted by Gasteiger charge is 2.38. The van der Waals surface area contributed by atoms with Gasteiger partial charge in [-0.15, -0.1) is 0 Å². The third kappa shape index (κ3) is 2.84. The van der Waals surface area contributed by atoms with Gasteiger partial charge in [0.2, 0.25) is 0 Å². The van der Waals surface area contributed by atoms with E-state index in [4.69, 9.17) is 15.2 Å². The number of methoxy groups -OCH3 is 1. The van der Waals surface area contributed by atoms with E-state index in [-0.39, 0.29) is 23.7 Å². The minimum Gasteiger partial charge on any atom is -0.377 e. The average Bonchev–Trinajstić information content (AvgIpc) is 2.86. The fourth-order valence-corrected chi connectivity index (χ4v) is 2.82. The highest BCUT2D eigenvalue weighted by molar-refractivity contribution is 5.81. The van der Waals surface area contributed by atoms with Crippen molar-refractivity contribution in [3.63, 3.8) is 0 Å². The molecule has 2 aliphatic heterocycles. The molecule has 5 heteroatoms. The second-order valence-corrected chi connectivity index (χ2v) is 5.58. The van der Waals surface area contributed by atoms with E-state index in [1.54, 1.807) is 7.11 Å². The Morgan fingerprint density at radius 3 is 2.94 bits per heavy atom.